The van der Waals surface area contributed by atoms with Crippen LogP contribution < -0.4 is 10.2 Å². The van der Waals surface area contributed by atoms with E-state index >= 15 is 0 Å². The van der Waals surface area contributed by atoms with Crippen molar-refractivity contribution >= 4 is 38.9 Å². The molecule has 1 aliphatic heterocycles. The fraction of sp³-hybridized carbons (Fsp3) is 0.263. The van der Waals surface area contributed by atoms with E-state index in [1.54, 1.807) is 47.4 Å². The number of sulfone groups is 1. The average molecular weight is 407 g/mol. The Morgan fingerprint density at radius 2 is 1.78 bits per heavy atom. The van der Waals surface area contributed by atoms with E-state index in [0.717, 1.165) is 0 Å². The normalized spacial score (nSPS) is 17.1. The number of rotatable bonds is 6. The molecule has 1 atom stereocenters. The number of carbonyl (C=O) groups excluding carboxylic acids is 2. The minimum atomic E-state index is -3.47. The Kier molecular flexibility index (Phi) is 5.82. The van der Waals surface area contributed by atoms with Crippen LogP contribution in [0.5, 0.6) is 0 Å². The lowest BCUT2D eigenvalue weighted by molar-refractivity contribution is -0.132. The molecule has 6 nitrogen and oxygen atoms in total. The molecular weight excluding hydrogens is 388 g/mol. The van der Waals surface area contributed by atoms with Crippen molar-refractivity contribution in [3.05, 3.63) is 59.6 Å². The molecule has 3 rings (SSSR count). The average Bonchev–Trinajstić information content (AvgIpc) is 3.04. The van der Waals surface area contributed by atoms with Crippen LogP contribution in [-0.2, 0) is 19.4 Å². The summed E-state index contributed by atoms with van der Waals surface area (Å²) in [7, 11) is -3.47. The Bertz CT molecular complexity index is 930. The summed E-state index contributed by atoms with van der Waals surface area (Å²) in [5, 5.41) is 3.14. The van der Waals surface area contributed by atoms with Crippen LogP contribution >= 0.6 is 11.6 Å². The SMILES string of the molecule is O=C(NCCS(=O)(=O)c1ccccc1)C1CCN(c2ccc(Cl)cc2)C1=O. The molecule has 0 aliphatic carbocycles. The van der Waals surface area contributed by atoms with Crippen molar-refractivity contribution in [3.8, 4) is 0 Å². The molecule has 8 heteroatoms. The maximum Gasteiger partial charge on any atom is 0.239 e. The Balaban J connectivity index is 1.56. The largest absolute Gasteiger partial charge is 0.354 e. The number of halogens is 1. The van der Waals surface area contributed by atoms with Gasteiger partial charge in [-0.05, 0) is 42.8 Å². The van der Waals surface area contributed by atoms with Gasteiger partial charge in [0.15, 0.2) is 9.84 Å². The number of anilines is 1. The molecule has 142 valence electrons. The molecule has 0 bridgehead atoms. The number of benzene rings is 2. The smallest absolute Gasteiger partial charge is 0.239 e. The van der Waals surface area contributed by atoms with Gasteiger partial charge in [0.05, 0.1) is 10.6 Å². The van der Waals surface area contributed by atoms with E-state index in [9.17, 15) is 18.0 Å². The highest BCUT2D eigenvalue weighted by Crippen LogP contribution is 2.26. The topological polar surface area (TPSA) is 83.6 Å². The third-order valence-electron chi connectivity index (χ3n) is 4.43. The lowest BCUT2D eigenvalue weighted by atomic mass is 10.1. The van der Waals surface area contributed by atoms with Gasteiger partial charge in [-0.15, -0.1) is 0 Å². The van der Waals surface area contributed by atoms with Crippen molar-refractivity contribution in [3.63, 3.8) is 0 Å². The van der Waals surface area contributed by atoms with Gasteiger partial charge in [-0.25, -0.2) is 8.42 Å². The van der Waals surface area contributed by atoms with E-state index in [2.05, 4.69) is 5.32 Å². The molecule has 1 aliphatic rings. The van der Waals surface area contributed by atoms with Crippen molar-refractivity contribution in [1.29, 1.82) is 0 Å². The molecular formula is C19H19ClN2O4S. The lowest BCUT2D eigenvalue weighted by Crippen LogP contribution is -2.38. The molecule has 0 spiro atoms. The second-order valence-electron chi connectivity index (χ2n) is 6.23. The molecule has 0 saturated carbocycles. The molecule has 0 radical (unpaired) electrons. The summed E-state index contributed by atoms with van der Waals surface area (Å²) in [5.74, 6) is -1.76. The summed E-state index contributed by atoms with van der Waals surface area (Å²) < 4.78 is 24.5. The first-order valence-corrected chi connectivity index (χ1v) is 10.5. The fourth-order valence-electron chi connectivity index (χ4n) is 2.98. The van der Waals surface area contributed by atoms with Crippen molar-refractivity contribution in [1.82, 2.24) is 5.32 Å². The Labute approximate surface area is 163 Å². The Hall–Kier alpha value is -2.38. The number of hydrogen-bond acceptors (Lipinski definition) is 4. The van der Waals surface area contributed by atoms with Crippen LogP contribution in [0, 0.1) is 5.92 Å². The molecule has 1 heterocycles. The predicted molar refractivity (Wildman–Crippen MR) is 103 cm³/mol. The maximum absolute atomic E-state index is 12.5. The van der Waals surface area contributed by atoms with Crippen LogP contribution in [0.4, 0.5) is 5.69 Å². The summed E-state index contributed by atoms with van der Waals surface area (Å²) in [6, 6.07) is 14.9. The van der Waals surface area contributed by atoms with Crippen molar-refractivity contribution in [2.75, 3.05) is 23.7 Å². The van der Waals surface area contributed by atoms with E-state index in [-0.39, 0.29) is 23.1 Å². The molecule has 1 N–H and O–H groups in total. The summed E-state index contributed by atoms with van der Waals surface area (Å²) >= 11 is 5.86. The van der Waals surface area contributed by atoms with Crippen LogP contribution in [0.25, 0.3) is 0 Å². The van der Waals surface area contributed by atoms with Crippen LogP contribution in [0.3, 0.4) is 0 Å². The number of hydrogen-bond donors (Lipinski definition) is 1. The first kappa shape index (κ1) is 19.4. The van der Waals surface area contributed by atoms with Crippen molar-refractivity contribution in [2.45, 2.75) is 11.3 Å². The highest BCUT2D eigenvalue weighted by atomic mass is 35.5. The fourth-order valence-corrected chi connectivity index (χ4v) is 4.28. The van der Waals surface area contributed by atoms with E-state index in [1.807, 2.05) is 0 Å². The monoisotopic (exact) mass is 406 g/mol. The Morgan fingerprint density at radius 3 is 2.44 bits per heavy atom. The number of nitrogens with one attached hydrogen (secondary N) is 1. The number of amides is 2. The van der Waals surface area contributed by atoms with E-state index in [0.29, 0.717) is 23.7 Å². The van der Waals surface area contributed by atoms with Crippen molar-refractivity contribution in [2.24, 2.45) is 5.92 Å². The molecule has 1 saturated heterocycles. The molecule has 1 unspecified atom stereocenters. The first-order chi connectivity index (χ1) is 12.9. The third-order valence-corrected chi connectivity index (χ3v) is 6.42. The minimum Gasteiger partial charge on any atom is -0.354 e. The minimum absolute atomic E-state index is 0.0409. The van der Waals surface area contributed by atoms with E-state index in [4.69, 9.17) is 11.6 Å². The second-order valence-corrected chi connectivity index (χ2v) is 8.78. The van der Waals surface area contributed by atoms with Gasteiger partial charge in [-0.1, -0.05) is 29.8 Å². The van der Waals surface area contributed by atoms with Gasteiger partial charge in [0.1, 0.15) is 5.92 Å². The van der Waals surface area contributed by atoms with Gasteiger partial charge in [0, 0.05) is 23.8 Å². The highest BCUT2D eigenvalue weighted by Gasteiger charge is 2.37. The maximum atomic E-state index is 12.5. The van der Waals surface area contributed by atoms with E-state index in [1.165, 1.54) is 12.1 Å². The van der Waals surface area contributed by atoms with Gasteiger partial charge in [0.25, 0.3) is 0 Å². The summed E-state index contributed by atoms with van der Waals surface area (Å²) in [4.78, 5) is 26.6. The lowest BCUT2D eigenvalue weighted by Gasteiger charge is -2.16. The van der Waals surface area contributed by atoms with E-state index < -0.39 is 21.7 Å². The molecule has 27 heavy (non-hydrogen) atoms. The quantitative estimate of drug-likeness (QED) is 0.746. The zero-order chi connectivity index (χ0) is 19.4. The molecule has 2 amide bonds. The molecule has 2 aromatic carbocycles. The third kappa shape index (κ3) is 4.48. The van der Waals surface area contributed by atoms with Gasteiger partial charge in [-0.2, -0.15) is 0 Å². The van der Waals surface area contributed by atoms with Crippen LogP contribution in [0.1, 0.15) is 6.42 Å². The van der Waals surface area contributed by atoms with Crippen LogP contribution in [0.2, 0.25) is 5.02 Å². The van der Waals surface area contributed by atoms with Gasteiger partial charge < -0.3 is 10.2 Å². The standard InChI is InChI=1S/C19H19ClN2O4S/c20-14-6-8-15(9-7-14)22-12-10-17(19(22)24)18(23)21-11-13-27(25,26)16-4-2-1-3-5-16/h1-9,17H,10-13H2,(H,21,23). The highest BCUT2D eigenvalue weighted by molar-refractivity contribution is 7.91. The van der Waals surface area contributed by atoms with Gasteiger partial charge >= 0.3 is 0 Å². The summed E-state index contributed by atoms with van der Waals surface area (Å²) in [6.07, 6.45) is 0.388. The van der Waals surface area contributed by atoms with Gasteiger partial charge in [0.2, 0.25) is 11.8 Å². The second kappa shape index (κ2) is 8.10. The molecule has 2 aromatic rings. The van der Waals surface area contributed by atoms with Gasteiger partial charge in [-0.3, -0.25) is 9.59 Å². The van der Waals surface area contributed by atoms with Crippen molar-refractivity contribution < 1.29 is 18.0 Å². The number of nitrogens with zero attached hydrogens (tertiary/aromatic N) is 1. The predicted octanol–water partition coefficient (Wildman–Crippen LogP) is 2.28. The van der Waals surface area contributed by atoms with Crippen LogP contribution in [-0.4, -0.2) is 39.1 Å². The van der Waals surface area contributed by atoms with Crippen LogP contribution in [0.15, 0.2) is 59.5 Å². The first-order valence-electron chi connectivity index (χ1n) is 8.51. The number of carbonyl (C=O) groups is 2. The Morgan fingerprint density at radius 1 is 1.11 bits per heavy atom. The molecule has 0 aromatic heterocycles. The zero-order valence-corrected chi connectivity index (χ0v) is 16.0. The summed E-state index contributed by atoms with van der Waals surface area (Å²) in [6.45, 7) is 0.391. The molecule has 1 fully saturated rings. The summed E-state index contributed by atoms with van der Waals surface area (Å²) in [5.41, 5.74) is 0.686. The zero-order valence-electron chi connectivity index (χ0n) is 14.5.